The molecule has 1 aromatic heterocycles. The fourth-order valence-electron chi connectivity index (χ4n) is 2.37. The lowest BCUT2D eigenvalue weighted by Gasteiger charge is -2.43. The molecule has 0 atom stereocenters. The molecular weight excluding hydrogens is 214 g/mol. The Balaban J connectivity index is 1.58. The maximum Gasteiger partial charge on any atom is 0.225 e. The van der Waals surface area contributed by atoms with E-state index in [9.17, 15) is 0 Å². The fraction of sp³-hybridized carbons (Fsp3) is 0.667. The highest BCUT2D eigenvalue weighted by Crippen LogP contribution is 2.13. The third-order valence-corrected chi connectivity index (χ3v) is 3.64. The molecule has 1 aromatic rings. The van der Waals surface area contributed by atoms with Crippen LogP contribution in [0.1, 0.15) is 5.56 Å². The molecule has 0 saturated carbocycles. The first-order valence-corrected chi connectivity index (χ1v) is 6.31. The zero-order valence-corrected chi connectivity index (χ0v) is 10.3. The van der Waals surface area contributed by atoms with Crippen molar-refractivity contribution in [3.8, 4) is 0 Å². The SMILES string of the molecule is Cc1cnc(N2CCN(C3CNC3)CC2)nc1. The van der Waals surface area contributed by atoms with E-state index in [1.807, 2.05) is 19.3 Å². The number of anilines is 1. The molecule has 0 amide bonds. The quantitative estimate of drug-likeness (QED) is 0.771. The minimum atomic E-state index is 0.760. The largest absolute Gasteiger partial charge is 0.338 e. The zero-order valence-electron chi connectivity index (χ0n) is 10.3. The van der Waals surface area contributed by atoms with Crippen molar-refractivity contribution in [2.75, 3.05) is 44.2 Å². The lowest BCUT2D eigenvalue weighted by molar-refractivity contribution is 0.137. The van der Waals surface area contributed by atoms with Gasteiger partial charge < -0.3 is 10.2 Å². The first kappa shape index (κ1) is 10.9. The van der Waals surface area contributed by atoms with Crippen LogP contribution in [0.3, 0.4) is 0 Å². The molecule has 2 aliphatic heterocycles. The summed E-state index contributed by atoms with van der Waals surface area (Å²) in [7, 11) is 0. The first-order chi connectivity index (χ1) is 8.33. The molecule has 0 aliphatic carbocycles. The second-order valence-corrected chi connectivity index (χ2v) is 4.90. The molecule has 0 spiro atoms. The molecule has 2 aliphatic rings. The maximum atomic E-state index is 4.39. The smallest absolute Gasteiger partial charge is 0.225 e. The van der Waals surface area contributed by atoms with E-state index in [1.54, 1.807) is 0 Å². The van der Waals surface area contributed by atoms with Crippen LogP contribution >= 0.6 is 0 Å². The standard InChI is InChI=1S/C12H19N5/c1-10-6-14-12(15-7-10)17-4-2-16(3-5-17)11-8-13-9-11/h6-7,11,13H,2-5,8-9H2,1H3. The van der Waals surface area contributed by atoms with E-state index in [-0.39, 0.29) is 0 Å². The van der Waals surface area contributed by atoms with Crippen LogP contribution in [-0.4, -0.2) is 60.2 Å². The number of rotatable bonds is 2. The van der Waals surface area contributed by atoms with Crippen molar-refractivity contribution in [1.29, 1.82) is 0 Å². The molecule has 0 radical (unpaired) electrons. The lowest BCUT2D eigenvalue weighted by Crippen LogP contribution is -2.61. The molecule has 2 saturated heterocycles. The minimum absolute atomic E-state index is 0.760. The predicted molar refractivity (Wildman–Crippen MR) is 67.2 cm³/mol. The van der Waals surface area contributed by atoms with Gasteiger partial charge in [0.2, 0.25) is 5.95 Å². The van der Waals surface area contributed by atoms with E-state index >= 15 is 0 Å². The van der Waals surface area contributed by atoms with Crippen LogP contribution in [0.25, 0.3) is 0 Å². The van der Waals surface area contributed by atoms with Gasteiger partial charge in [0.1, 0.15) is 0 Å². The van der Waals surface area contributed by atoms with E-state index in [0.29, 0.717) is 0 Å². The van der Waals surface area contributed by atoms with Gasteiger partial charge in [-0.3, -0.25) is 4.90 Å². The van der Waals surface area contributed by atoms with Gasteiger partial charge in [-0.2, -0.15) is 0 Å². The monoisotopic (exact) mass is 233 g/mol. The molecule has 0 unspecified atom stereocenters. The first-order valence-electron chi connectivity index (χ1n) is 6.31. The van der Waals surface area contributed by atoms with Gasteiger partial charge in [-0.25, -0.2) is 9.97 Å². The Kier molecular flexibility index (Phi) is 2.94. The summed E-state index contributed by atoms with van der Waals surface area (Å²) >= 11 is 0. The topological polar surface area (TPSA) is 44.3 Å². The van der Waals surface area contributed by atoms with Gasteiger partial charge in [-0.1, -0.05) is 0 Å². The van der Waals surface area contributed by atoms with Crippen molar-refractivity contribution < 1.29 is 0 Å². The van der Waals surface area contributed by atoms with E-state index in [1.165, 1.54) is 0 Å². The van der Waals surface area contributed by atoms with Crippen LogP contribution in [0.4, 0.5) is 5.95 Å². The maximum absolute atomic E-state index is 4.39. The zero-order chi connectivity index (χ0) is 11.7. The number of nitrogens with one attached hydrogen (secondary N) is 1. The van der Waals surface area contributed by atoms with Crippen LogP contribution in [0.5, 0.6) is 0 Å². The molecule has 5 heteroatoms. The van der Waals surface area contributed by atoms with Gasteiger partial charge in [0.05, 0.1) is 0 Å². The highest BCUT2D eigenvalue weighted by atomic mass is 15.3. The molecular formula is C12H19N5. The molecule has 92 valence electrons. The second-order valence-electron chi connectivity index (χ2n) is 4.90. The van der Waals surface area contributed by atoms with Gasteiger partial charge in [0.25, 0.3) is 0 Å². The summed E-state index contributed by atoms with van der Waals surface area (Å²) in [6.45, 7) is 8.67. The Hall–Kier alpha value is -1.20. The average Bonchev–Trinajstić information content (AvgIpc) is 2.29. The van der Waals surface area contributed by atoms with Crippen LogP contribution in [-0.2, 0) is 0 Å². The van der Waals surface area contributed by atoms with Gasteiger partial charge in [0, 0.05) is 57.7 Å². The van der Waals surface area contributed by atoms with E-state index < -0.39 is 0 Å². The van der Waals surface area contributed by atoms with Gasteiger partial charge in [-0.05, 0) is 12.5 Å². The van der Waals surface area contributed by atoms with Crippen molar-refractivity contribution in [2.24, 2.45) is 0 Å². The van der Waals surface area contributed by atoms with Gasteiger partial charge in [0.15, 0.2) is 0 Å². The predicted octanol–water partition coefficient (Wildman–Crippen LogP) is -0.121. The van der Waals surface area contributed by atoms with E-state index in [0.717, 1.165) is 56.8 Å². The van der Waals surface area contributed by atoms with Crippen LogP contribution in [0.2, 0.25) is 0 Å². The summed E-state index contributed by atoms with van der Waals surface area (Å²) < 4.78 is 0. The highest BCUT2D eigenvalue weighted by Gasteiger charge is 2.28. The van der Waals surface area contributed by atoms with Gasteiger partial charge >= 0.3 is 0 Å². The summed E-state index contributed by atoms with van der Waals surface area (Å²) in [6, 6.07) is 0.760. The minimum Gasteiger partial charge on any atom is -0.338 e. The number of aryl methyl sites for hydroxylation is 1. The molecule has 0 bridgehead atoms. The Labute approximate surface area is 102 Å². The highest BCUT2D eigenvalue weighted by molar-refractivity contribution is 5.30. The molecule has 17 heavy (non-hydrogen) atoms. The van der Waals surface area contributed by atoms with E-state index in [4.69, 9.17) is 0 Å². The number of nitrogens with zero attached hydrogens (tertiary/aromatic N) is 4. The number of hydrogen-bond acceptors (Lipinski definition) is 5. The summed E-state index contributed by atoms with van der Waals surface area (Å²) in [5, 5.41) is 3.33. The molecule has 3 heterocycles. The summed E-state index contributed by atoms with van der Waals surface area (Å²) in [4.78, 5) is 13.6. The fourth-order valence-corrected chi connectivity index (χ4v) is 2.37. The van der Waals surface area contributed by atoms with Crippen LogP contribution in [0, 0.1) is 6.92 Å². The molecule has 1 N–H and O–H groups in total. The number of hydrogen-bond donors (Lipinski definition) is 1. The molecule has 5 nitrogen and oxygen atoms in total. The lowest BCUT2D eigenvalue weighted by atomic mass is 10.1. The number of aromatic nitrogens is 2. The van der Waals surface area contributed by atoms with E-state index in [2.05, 4.69) is 25.1 Å². The van der Waals surface area contributed by atoms with Gasteiger partial charge in [-0.15, -0.1) is 0 Å². The average molecular weight is 233 g/mol. The normalized spacial score (nSPS) is 22.5. The van der Waals surface area contributed by atoms with Crippen LogP contribution < -0.4 is 10.2 Å². The van der Waals surface area contributed by atoms with Crippen LogP contribution in [0.15, 0.2) is 12.4 Å². The number of piperazine rings is 1. The summed E-state index contributed by atoms with van der Waals surface area (Å²) in [5.41, 5.74) is 1.12. The van der Waals surface area contributed by atoms with Crippen molar-refractivity contribution in [3.05, 3.63) is 18.0 Å². The Morgan fingerprint density at radius 3 is 2.29 bits per heavy atom. The summed E-state index contributed by atoms with van der Waals surface area (Å²) in [5.74, 6) is 0.877. The summed E-state index contributed by atoms with van der Waals surface area (Å²) in [6.07, 6.45) is 3.79. The van der Waals surface area contributed by atoms with Crippen molar-refractivity contribution in [2.45, 2.75) is 13.0 Å². The third kappa shape index (κ3) is 2.25. The molecule has 3 rings (SSSR count). The third-order valence-electron chi connectivity index (χ3n) is 3.64. The Morgan fingerprint density at radius 1 is 1.12 bits per heavy atom. The van der Waals surface area contributed by atoms with Crippen molar-refractivity contribution >= 4 is 5.95 Å². The molecule has 0 aromatic carbocycles. The Bertz CT molecular complexity index is 365. The molecule has 2 fully saturated rings. The Morgan fingerprint density at radius 2 is 1.76 bits per heavy atom. The second kappa shape index (κ2) is 4.58. The van der Waals surface area contributed by atoms with Crippen molar-refractivity contribution in [3.63, 3.8) is 0 Å². The van der Waals surface area contributed by atoms with Crippen molar-refractivity contribution in [1.82, 2.24) is 20.2 Å².